The van der Waals surface area contributed by atoms with Gasteiger partial charge in [0.15, 0.2) is 12.2 Å². The number of hydrogen-bond donors (Lipinski definition) is 2. The molecule has 0 aliphatic carbocycles. The van der Waals surface area contributed by atoms with Crippen LogP contribution < -0.4 is 9.46 Å². The lowest BCUT2D eigenvalue weighted by Crippen LogP contribution is -2.44. The van der Waals surface area contributed by atoms with E-state index in [2.05, 4.69) is 14.6 Å². The number of benzene rings is 1. The second-order valence-electron chi connectivity index (χ2n) is 7.68. The molecule has 178 valence electrons. The van der Waals surface area contributed by atoms with E-state index in [0.717, 1.165) is 37.3 Å². The van der Waals surface area contributed by atoms with E-state index in [-0.39, 0.29) is 16.9 Å². The fraction of sp³-hybridized carbons (Fsp3) is 0.381. The number of piperidine rings is 1. The Bertz CT molecular complexity index is 1160. The van der Waals surface area contributed by atoms with Gasteiger partial charge in [0, 0.05) is 32.2 Å². The van der Waals surface area contributed by atoms with E-state index in [0.29, 0.717) is 33.0 Å². The summed E-state index contributed by atoms with van der Waals surface area (Å²) < 4.78 is 39.0. The van der Waals surface area contributed by atoms with Crippen LogP contribution in [0.3, 0.4) is 0 Å². The number of β-amino-alcohol motifs (C(OH)–C–C–N with tert-alkyl or cyclic N) is 1. The Labute approximate surface area is 206 Å². The summed E-state index contributed by atoms with van der Waals surface area (Å²) in [4.78, 5) is 6.60. The first kappa shape index (κ1) is 24.5. The molecular formula is C21H23Cl2N3O5S2. The monoisotopic (exact) mass is 531 g/mol. The quantitative estimate of drug-likeness (QED) is 0.431. The fourth-order valence-corrected chi connectivity index (χ4v) is 6.19. The Morgan fingerprint density at radius 2 is 2.03 bits per heavy atom. The summed E-state index contributed by atoms with van der Waals surface area (Å²) in [6.45, 7) is 1.77. The van der Waals surface area contributed by atoms with E-state index in [1.54, 1.807) is 24.3 Å². The largest absolute Gasteiger partial charge is 0.490 e. The summed E-state index contributed by atoms with van der Waals surface area (Å²) in [7, 11) is -3.73. The molecule has 0 unspecified atom stereocenters. The molecule has 8 nitrogen and oxygen atoms in total. The molecule has 1 fully saturated rings. The Morgan fingerprint density at radius 3 is 2.73 bits per heavy atom. The molecular weight excluding hydrogens is 509 g/mol. The maximum Gasteiger partial charge on any atom is 0.250 e. The maximum atomic E-state index is 12.6. The summed E-state index contributed by atoms with van der Waals surface area (Å²) >= 11 is 13.1. The number of aliphatic hydroxyl groups is 1. The smallest absolute Gasteiger partial charge is 0.250 e. The van der Waals surface area contributed by atoms with Gasteiger partial charge in [-0.25, -0.2) is 18.1 Å². The van der Waals surface area contributed by atoms with Crippen molar-refractivity contribution in [3.63, 3.8) is 0 Å². The topological polar surface area (TPSA) is 105 Å². The SMILES string of the molecule is O=S(=O)(NC[C@@H](O)CN1CCC(Oc2ccc(Cl)c(Cl)c2)CC1)c1ccc(-c2cnco2)s1. The predicted octanol–water partition coefficient (Wildman–Crippen LogP) is 3.89. The van der Waals surface area contributed by atoms with Crippen molar-refractivity contribution in [2.75, 3.05) is 26.2 Å². The van der Waals surface area contributed by atoms with E-state index in [9.17, 15) is 13.5 Å². The highest BCUT2D eigenvalue weighted by Crippen LogP contribution is 2.30. The molecule has 1 aromatic carbocycles. The highest BCUT2D eigenvalue weighted by molar-refractivity contribution is 7.91. The van der Waals surface area contributed by atoms with Crippen molar-refractivity contribution in [3.05, 3.63) is 53.0 Å². The van der Waals surface area contributed by atoms with Crippen LogP contribution in [0.2, 0.25) is 10.0 Å². The molecule has 1 aliphatic rings. The highest BCUT2D eigenvalue weighted by atomic mass is 35.5. The second-order valence-corrected chi connectivity index (χ2v) is 11.6. The van der Waals surface area contributed by atoms with Crippen LogP contribution in [0.15, 0.2) is 51.5 Å². The van der Waals surface area contributed by atoms with Gasteiger partial charge in [0.25, 0.3) is 0 Å². The van der Waals surface area contributed by atoms with E-state index in [1.165, 1.54) is 18.7 Å². The van der Waals surface area contributed by atoms with Crippen LogP contribution in [0, 0.1) is 0 Å². The molecule has 0 bridgehead atoms. The first-order chi connectivity index (χ1) is 15.8. The van der Waals surface area contributed by atoms with E-state index >= 15 is 0 Å². The molecule has 0 saturated carbocycles. The number of nitrogens with zero attached hydrogens (tertiary/aromatic N) is 2. The van der Waals surface area contributed by atoms with Gasteiger partial charge in [-0.1, -0.05) is 23.2 Å². The average molecular weight is 532 g/mol. The lowest BCUT2D eigenvalue weighted by Gasteiger charge is -2.33. The van der Waals surface area contributed by atoms with Gasteiger partial charge in [-0.15, -0.1) is 11.3 Å². The van der Waals surface area contributed by atoms with Crippen LogP contribution in [0.4, 0.5) is 0 Å². The third-order valence-corrected chi connectivity index (χ3v) is 8.98. The van der Waals surface area contributed by atoms with Crippen LogP contribution in [0.1, 0.15) is 12.8 Å². The van der Waals surface area contributed by atoms with Crippen LogP contribution in [-0.2, 0) is 10.0 Å². The Kier molecular flexibility index (Phi) is 7.95. The van der Waals surface area contributed by atoms with Gasteiger partial charge in [-0.2, -0.15) is 0 Å². The molecule has 1 atom stereocenters. The minimum atomic E-state index is -3.73. The zero-order chi connectivity index (χ0) is 23.4. The van der Waals surface area contributed by atoms with E-state index in [4.69, 9.17) is 32.4 Å². The molecule has 0 radical (unpaired) electrons. The Balaban J connectivity index is 1.21. The minimum absolute atomic E-state index is 0.0477. The van der Waals surface area contributed by atoms with Crippen molar-refractivity contribution in [1.82, 2.24) is 14.6 Å². The molecule has 3 heterocycles. The average Bonchev–Trinajstić information content (AvgIpc) is 3.49. The Morgan fingerprint density at radius 1 is 1.24 bits per heavy atom. The third-order valence-electron chi connectivity index (χ3n) is 5.23. The van der Waals surface area contributed by atoms with Gasteiger partial charge in [0.2, 0.25) is 10.0 Å². The molecule has 3 aromatic rings. The fourth-order valence-electron chi connectivity index (χ4n) is 3.53. The van der Waals surface area contributed by atoms with Crippen LogP contribution in [-0.4, -0.2) is 61.8 Å². The summed E-state index contributed by atoms with van der Waals surface area (Å²) in [5.74, 6) is 1.19. The number of nitrogens with one attached hydrogen (secondary N) is 1. The van der Waals surface area contributed by atoms with Crippen molar-refractivity contribution < 1.29 is 22.7 Å². The van der Waals surface area contributed by atoms with E-state index in [1.807, 2.05) is 0 Å². The number of likely N-dealkylation sites (tertiary alicyclic amines) is 1. The minimum Gasteiger partial charge on any atom is -0.490 e. The number of rotatable bonds is 9. The number of aliphatic hydroxyl groups excluding tert-OH is 1. The van der Waals surface area contributed by atoms with Crippen molar-refractivity contribution in [1.29, 1.82) is 0 Å². The lowest BCUT2D eigenvalue weighted by molar-refractivity contribution is 0.0630. The molecule has 33 heavy (non-hydrogen) atoms. The van der Waals surface area contributed by atoms with Gasteiger partial charge in [0.1, 0.15) is 16.1 Å². The third kappa shape index (κ3) is 6.48. The predicted molar refractivity (Wildman–Crippen MR) is 128 cm³/mol. The van der Waals surface area contributed by atoms with Gasteiger partial charge < -0.3 is 19.2 Å². The Hall–Kier alpha value is -1.66. The zero-order valence-electron chi connectivity index (χ0n) is 17.5. The number of ether oxygens (including phenoxy) is 1. The number of aromatic nitrogens is 1. The number of thiophene rings is 1. The number of sulfonamides is 1. The summed E-state index contributed by atoms with van der Waals surface area (Å²) in [5.41, 5.74) is 0. The van der Waals surface area contributed by atoms with Crippen LogP contribution in [0.5, 0.6) is 5.75 Å². The van der Waals surface area contributed by atoms with Crippen LogP contribution in [0.25, 0.3) is 10.6 Å². The number of halogens is 2. The molecule has 1 aliphatic heterocycles. The highest BCUT2D eigenvalue weighted by Gasteiger charge is 2.24. The van der Waals surface area contributed by atoms with E-state index < -0.39 is 16.1 Å². The second kappa shape index (κ2) is 10.7. The molecule has 4 rings (SSSR count). The zero-order valence-corrected chi connectivity index (χ0v) is 20.6. The number of oxazole rings is 1. The molecule has 1 saturated heterocycles. The van der Waals surface area contributed by atoms with Crippen molar-refractivity contribution in [2.24, 2.45) is 0 Å². The molecule has 2 aromatic heterocycles. The standard InChI is InChI=1S/C21H23Cl2N3O5S2/c22-17-2-1-16(9-18(17)23)31-15-5-7-26(8-6-15)12-14(27)10-25-33(28,29)21-4-3-20(32-21)19-11-24-13-30-19/h1-4,9,11,13-15,25,27H,5-8,10,12H2/t14-/m1/s1. The van der Waals surface area contributed by atoms with Gasteiger partial charge in [-0.05, 0) is 37.1 Å². The summed E-state index contributed by atoms with van der Waals surface area (Å²) in [6.07, 6.45) is 3.61. The molecule has 0 spiro atoms. The first-order valence-corrected chi connectivity index (χ1v) is 13.4. The van der Waals surface area contributed by atoms with Crippen LogP contribution >= 0.6 is 34.5 Å². The summed E-state index contributed by atoms with van der Waals surface area (Å²) in [5, 5.41) is 11.3. The maximum absolute atomic E-state index is 12.6. The normalized spacial score (nSPS) is 16.7. The number of hydrogen-bond acceptors (Lipinski definition) is 8. The lowest BCUT2D eigenvalue weighted by atomic mass is 10.1. The van der Waals surface area contributed by atoms with Crippen molar-refractivity contribution >= 4 is 44.6 Å². The van der Waals surface area contributed by atoms with Gasteiger partial charge in [-0.3, -0.25) is 0 Å². The molecule has 12 heteroatoms. The van der Waals surface area contributed by atoms with Crippen molar-refractivity contribution in [2.45, 2.75) is 29.3 Å². The first-order valence-electron chi connectivity index (χ1n) is 10.3. The molecule has 2 N–H and O–H groups in total. The molecule has 0 amide bonds. The van der Waals surface area contributed by atoms with Crippen molar-refractivity contribution in [3.8, 4) is 16.4 Å². The summed E-state index contributed by atoms with van der Waals surface area (Å²) in [6, 6.07) is 8.37. The van der Waals surface area contributed by atoms with Gasteiger partial charge >= 0.3 is 0 Å². The van der Waals surface area contributed by atoms with Gasteiger partial charge in [0.05, 0.1) is 27.2 Å².